The topological polar surface area (TPSA) is 129 Å². The largest absolute Gasteiger partial charge is 0.480 e. The van der Waals surface area contributed by atoms with Crippen molar-refractivity contribution in [2.24, 2.45) is 0 Å². The maximum atomic E-state index is 10.5. The van der Waals surface area contributed by atoms with E-state index in [1.54, 1.807) is 4.57 Å². The fraction of sp³-hybridized carbons (Fsp3) is 0.440. The van der Waals surface area contributed by atoms with Crippen LogP contribution in [0.15, 0.2) is 30.6 Å². The Balaban J connectivity index is 1.32. The molecule has 0 unspecified atom stereocenters. The first-order valence-electron chi connectivity index (χ1n) is 12.4. The number of aromatic nitrogens is 6. The van der Waals surface area contributed by atoms with E-state index < -0.39 is 0 Å². The Hall–Kier alpha value is -3.66. The molecule has 6 rings (SSSR count). The molecule has 0 saturated heterocycles. The molecule has 4 N–H and O–H groups in total. The summed E-state index contributed by atoms with van der Waals surface area (Å²) in [7, 11) is 0. The molecule has 1 fully saturated rings. The molecule has 10 nitrogen and oxygen atoms in total. The van der Waals surface area contributed by atoms with Crippen LogP contribution in [0.2, 0.25) is 0 Å². The van der Waals surface area contributed by atoms with Gasteiger partial charge in [-0.15, -0.1) is 0 Å². The van der Waals surface area contributed by atoms with E-state index in [1.807, 2.05) is 10.9 Å². The van der Waals surface area contributed by atoms with Crippen LogP contribution in [-0.2, 0) is 19.5 Å². The summed E-state index contributed by atoms with van der Waals surface area (Å²) in [6.07, 6.45) is 10.6. The molecule has 182 valence electrons. The van der Waals surface area contributed by atoms with Gasteiger partial charge in [-0.25, -0.2) is 0 Å². The number of aryl methyl sites for hydroxylation is 1. The third-order valence-corrected chi connectivity index (χ3v) is 6.71. The minimum Gasteiger partial charge on any atom is -0.480 e. The van der Waals surface area contributed by atoms with Gasteiger partial charge >= 0.3 is 6.01 Å². The van der Waals surface area contributed by atoms with Crippen molar-refractivity contribution in [1.82, 2.24) is 34.6 Å². The number of nitrogens with zero attached hydrogens (tertiary/aromatic N) is 6. The fourth-order valence-corrected chi connectivity index (χ4v) is 4.67. The molecule has 0 spiro atoms. The van der Waals surface area contributed by atoms with E-state index in [1.165, 1.54) is 24.0 Å². The zero-order chi connectivity index (χ0) is 23.8. The van der Waals surface area contributed by atoms with Gasteiger partial charge in [-0.1, -0.05) is 18.2 Å². The number of ether oxygens (including phenoxy) is 1. The number of nitrogens with two attached hydrogens (primary N) is 1. The monoisotopic (exact) mass is 474 g/mol. The van der Waals surface area contributed by atoms with Crippen molar-refractivity contribution in [3.63, 3.8) is 0 Å². The molecule has 0 amide bonds. The number of imidazole rings is 1. The van der Waals surface area contributed by atoms with Gasteiger partial charge in [0.25, 0.3) is 6.01 Å². The highest BCUT2D eigenvalue weighted by atomic mass is 16.5. The molecule has 10 heteroatoms. The highest BCUT2D eigenvalue weighted by molar-refractivity contribution is 5.83. The minimum absolute atomic E-state index is 0.142. The zero-order valence-corrected chi connectivity index (χ0v) is 19.7. The molecule has 1 aromatic carbocycles. The Morgan fingerprint density at radius 1 is 1.14 bits per heavy atom. The predicted molar refractivity (Wildman–Crippen MR) is 132 cm³/mol. The maximum absolute atomic E-state index is 10.5. The molecule has 35 heavy (non-hydrogen) atoms. The second-order valence-corrected chi connectivity index (χ2v) is 9.43. The summed E-state index contributed by atoms with van der Waals surface area (Å²) >= 11 is 0. The summed E-state index contributed by atoms with van der Waals surface area (Å²) in [4.78, 5) is 12.9. The van der Waals surface area contributed by atoms with Gasteiger partial charge in [-0.3, -0.25) is 9.25 Å². The van der Waals surface area contributed by atoms with Crippen LogP contribution in [0.3, 0.4) is 0 Å². The molecular weight excluding hydrogens is 444 g/mol. The van der Waals surface area contributed by atoms with E-state index in [0.717, 1.165) is 49.9 Å². The lowest BCUT2D eigenvalue weighted by atomic mass is 9.95. The molecular formula is C25H30N8O2. The van der Waals surface area contributed by atoms with Gasteiger partial charge in [0.1, 0.15) is 0 Å². The lowest BCUT2D eigenvalue weighted by Gasteiger charge is -2.13. The van der Waals surface area contributed by atoms with Gasteiger partial charge in [-0.05, 0) is 55.2 Å². The average Bonchev–Trinajstić information content (AvgIpc) is 3.46. The Bertz CT molecular complexity index is 1360. The van der Waals surface area contributed by atoms with Gasteiger partial charge in [0.15, 0.2) is 17.0 Å². The van der Waals surface area contributed by atoms with Crippen molar-refractivity contribution in [3.8, 4) is 23.1 Å². The third kappa shape index (κ3) is 4.66. The minimum atomic E-state index is -0.142. The Morgan fingerprint density at radius 3 is 2.94 bits per heavy atom. The van der Waals surface area contributed by atoms with Crippen LogP contribution in [0.5, 0.6) is 12.0 Å². The molecule has 1 saturated carbocycles. The summed E-state index contributed by atoms with van der Waals surface area (Å²) in [5, 5.41) is 18.7. The summed E-state index contributed by atoms with van der Waals surface area (Å²) in [5.41, 5.74) is 11.6. The summed E-state index contributed by atoms with van der Waals surface area (Å²) in [5.74, 6) is 0.200. The summed E-state index contributed by atoms with van der Waals surface area (Å²) in [6.45, 7) is 2.74. The lowest BCUT2D eigenvalue weighted by molar-refractivity contribution is 0.283. The quantitative estimate of drug-likeness (QED) is 0.403. The maximum Gasteiger partial charge on any atom is 0.320 e. The molecule has 1 aliphatic heterocycles. The first-order chi connectivity index (χ1) is 17.1. The highest BCUT2D eigenvalue weighted by Crippen LogP contribution is 2.30. The van der Waals surface area contributed by atoms with Crippen LogP contribution in [0.25, 0.3) is 22.3 Å². The standard InChI is InChI=1S/C25H30N8O2/c26-22-21-23-31-24(30-22)35-11-3-1-2-4-17-12-16(14-33(23)25(34)29-21)5-8-20(17)18-13-28-32(15-18)10-9-27-19-6-7-19/h5,8,12-13,15,19,27H,1-4,6-7,9-11,14H2,(H,29,34)(H2,26,30,31). The van der Waals surface area contributed by atoms with E-state index >= 15 is 0 Å². The zero-order valence-electron chi connectivity index (χ0n) is 19.7. The molecule has 0 atom stereocenters. The van der Waals surface area contributed by atoms with E-state index in [0.29, 0.717) is 30.4 Å². The number of nitrogens with one attached hydrogen (secondary N) is 1. The van der Waals surface area contributed by atoms with Crippen molar-refractivity contribution < 1.29 is 9.84 Å². The van der Waals surface area contributed by atoms with Crippen molar-refractivity contribution in [1.29, 1.82) is 0 Å². The first-order valence-corrected chi connectivity index (χ1v) is 12.4. The van der Waals surface area contributed by atoms with Crippen molar-refractivity contribution in [3.05, 3.63) is 41.7 Å². The van der Waals surface area contributed by atoms with E-state index in [-0.39, 0.29) is 17.8 Å². The van der Waals surface area contributed by atoms with Crippen molar-refractivity contribution >= 4 is 17.0 Å². The molecule has 4 aromatic rings. The van der Waals surface area contributed by atoms with E-state index in [4.69, 9.17) is 10.5 Å². The van der Waals surface area contributed by atoms with Gasteiger partial charge in [0.2, 0.25) is 0 Å². The van der Waals surface area contributed by atoms with E-state index in [2.05, 4.69) is 49.8 Å². The molecule has 0 radical (unpaired) electrons. The molecule has 3 aromatic heterocycles. The second kappa shape index (κ2) is 9.18. The lowest BCUT2D eigenvalue weighted by Crippen LogP contribution is -2.21. The highest BCUT2D eigenvalue weighted by Gasteiger charge is 2.20. The molecule has 4 heterocycles. The molecule has 1 aliphatic carbocycles. The summed E-state index contributed by atoms with van der Waals surface area (Å²) < 4.78 is 9.42. The van der Waals surface area contributed by atoms with Gasteiger partial charge in [0.05, 0.1) is 25.9 Å². The Labute approximate surface area is 203 Å². The van der Waals surface area contributed by atoms with Crippen molar-refractivity contribution in [2.45, 2.75) is 57.7 Å². The number of anilines is 1. The van der Waals surface area contributed by atoms with Gasteiger partial charge in [0, 0.05) is 24.3 Å². The van der Waals surface area contributed by atoms with E-state index in [9.17, 15) is 5.11 Å². The van der Waals surface area contributed by atoms with Crippen LogP contribution in [-0.4, -0.2) is 53.6 Å². The Kier molecular flexibility index (Phi) is 5.73. The number of hydrogen-bond donors (Lipinski definition) is 3. The SMILES string of the molecule is Nc1nc2nc3c1nc(O)n3Cc1ccc(-c3cnn(CCNC4CC4)c3)c(c1)CCCCCO2. The normalized spacial score (nSPS) is 16.3. The predicted octanol–water partition coefficient (Wildman–Crippen LogP) is 2.88. The number of benzene rings is 1. The number of fused-ring (bicyclic) bond motifs is 3. The fourth-order valence-electron chi connectivity index (χ4n) is 4.67. The smallest absolute Gasteiger partial charge is 0.320 e. The van der Waals surface area contributed by atoms with Crippen LogP contribution >= 0.6 is 0 Å². The van der Waals surface area contributed by atoms with Crippen LogP contribution in [0.1, 0.15) is 43.2 Å². The Morgan fingerprint density at radius 2 is 2.06 bits per heavy atom. The molecule has 2 aliphatic rings. The average molecular weight is 475 g/mol. The second-order valence-electron chi connectivity index (χ2n) is 9.43. The van der Waals surface area contributed by atoms with Gasteiger partial charge < -0.3 is 20.9 Å². The van der Waals surface area contributed by atoms with Crippen LogP contribution in [0, 0.1) is 0 Å². The molecule has 4 bridgehead atoms. The van der Waals surface area contributed by atoms with Crippen LogP contribution in [0.4, 0.5) is 5.82 Å². The third-order valence-electron chi connectivity index (χ3n) is 6.71. The number of nitrogen functional groups attached to an aromatic ring is 1. The van der Waals surface area contributed by atoms with Gasteiger partial charge in [-0.2, -0.15) is 20.1 Å². The number of hydrogen-bond acceptors (Lipinski definition) is 8. The van der Waals surface area contributed by atoms with Crippen molar-refractivity contribution in [2.75, 3.05) is 18.9 Å². The first kappa shape index (κ1) is 21.8. The summed E-state index contributed by atoms with van der Waals surface area (Å²) in [6, 6.07) is 7.25. The number of aromatic hydroxyl groups is 1. The number of rotatable bonds is 5. The van der Waals surface area contributed by atoms with Crippen LogP contribution < -0.4 is 15.8 Å².